The second-order valence-electron chi connectivity index (χ2n) is 5.00. The zero-order chi connectivity index (χ0) is 13.8. The molecule has 0 aliphatic rings. The number of carbonyl (C=O) groups excluding carboxylic acids is 1. The zero-order valence-electron chi connectivity index (χ0n) is 11.5. The number of nitrogens with zero attached hydrogens (tertiary/aromatic N) is 2. The van der Waals surface area contributed by atoms with Gasteiger partial charge in [-0.1, -0.05) is 26.0 Å². The third kappa shape index (κ3) is 3.22. The number of rotatable bonds is 4. The van der Waals surface area contributed by atoms with Crippen LogP contribution in [-0.4, -0.2) is 15.5 Å². The second kappa shape index (κ2) is 5.69. The molecule has 0 saturated carbocycles. The van der Waals surface area contributed by atoms with Crippen LogP contribution >= 0.6 is 0 Å². The van der Waals surface area contributed by atoms with Crippen LogP contribution < -0.4 is 5.32 Å². The molecular weight excluding hydrogens is 238 g/mol. The lowest BCUT2D eigenvalue weighted by molar-refractivity contribution is -0.114. The maximum atomic E-state index is 11.0. The molecule has 4 heteroatoms. The summed E-state index contributed by atoms with van der Waals surface area (Å²) in [5, 5.41) is 2.78. The highest BCUT2D eigenvalue weighted by atomic mass is 16.1. The van der Waals surface area contributed by atoms with E-state index in [1.54, 1.807) is 6.20 Å². The Hall–Kier alpha value is -2.10. The van der Waals surface area contributed by atoms with E-state index >= 15 is 0 Å². The summed E-state index contributed by atoms with van der Waals surface area (Å²) in [6.07, 6.45) is 5.61. The van der Waals surface area contributed by atoms with Gasteiger partial charge in [-0.2, -0.15) is 0 Å². The van der Waals surface area contributed by atoms with Gasteiger partial charge in [0.15, 0.2) is 0 Å². The maximum Gasteiger partial charge on any atom is 0.221 e. The van der Waals surface area contributed by atoms with Crippen LogP contribution in [0.3, 0.4) is 0 Å². The molecule has 1 unspecified atom stereocenters. The Kier molecular flexibility index (Phi) is 4.00. The lowest BCUT2D eigenvalue weighted by Gasteiger charge is -2.23. The second-order valence-corrected chi connectivity index (χ2v) is 5.00. The quantitative estimate of drug-likeness (QED) is 0.915. The number of amides is 1. The first-order chi connectivity index (χ1) is 9.08. The van der Waals surface area contributed by atoms with Gasteiger partial charge in [-0.3, -0.25) is 4.79 Å². The molecule has 100 valence electrons. The monoisotopic (exact) mass is 257 g/mol. The van der Waals surface area contributed by atoms with E-state index in [1.165, 1.54) is 12.5 Å². The van der Waals surface area contributed by atoms with Gasteiger partial charge < -0.3 is 9.88 Å². The minimum absolute atomic E-state index is 0.0530. The van der Waals surface area contributed by atoms with Crippen molar-refractivity contribution < 1.29 is 4.79 Å². The van der Waals surface area contributed by atoms with E-state index in [2.05, 4.69) is 40.8 Å². The summed E-state index contributed by atoms with van der Waals surface area (Å²) in [7, 11) is 0. The fraction of sp³-hybridized carbons (Fsp3) is 0.333. The van der Waals surface area contributed by atoms with Gasteiger partial charge in [-0.05, 0) is 23.6 Å². The average Bonchev–Trinajstić information content (AvgIpc) is 2.84. The van der Waals surface area contributed by atoms with E-state index in [0.29, 0.717) is 5.92 Å². The Balaban J connectivity index is 2.26. The molecule has 0 saturated heterocycles. The largest absolute Gasteiger partial charge is 0.330 e. The van der Waals surface area contributed by atoms with Crippen molar-refractivity contribution >= 4 is 11.6 Å². The molecule has 0 aliphatic heterocycles. The van der Waals surface area contributed by atoms with Crippen molar-refractivity contribution in [2.24, 2.45) is 5.92 Å². The lowest BCUT2D eigenvalue weighted by atomic mass is 9.95. The summed E-state index contributed by atoms with van der Waals surface area (Å²) >= 11 is 0. The first kappa shape index (κ1) is 13.3. The van der Waals surface area contributed by atoms with E-state index in [-0.39, 0.29) is 11.9 Å². The van der Waals surface area contributed by atoms with Gasteiger partial charge >= 0.3 is 0 Å². The van der Waals surface area contributed by atoms with Crippen LogP contribution in [0.1, 0.15) is 32.4 Å². The Labute approximate surface area is 113 Å². The molecule has 1 heterocycles. The highest BCUT2D eigenvalue weighted by Gasteiger charge is 2.17. The maximum absolute atomic E-state index is 11.0. The van der Waals surface area contributed by atoms with Crippen LogP contribution in [0.4, 0.5) is 5.69 Å². The summed E-state index contributed by atoms with van der Waals surface area (Å²) in [5.41, 5.74) is 2.03. The zero-order valence-corrected chi connectivity index (χ0v) is 11.5. The SMILES string of the molecule is CC(=O)Nc1ccc(C(C(C)C)n2ccnc2)cc1. The summed E-state index contributed by atoms with van der Waals surface area (Å²) in [5.74, 6) is 0.406. The van der Waals surface area contributed by atoms with Gasteiger partial charge in [-0.25, -0.2) is 4.98 Å². The number of aromatic nitrogens is 2. The number of benzene rings is 1. The van der Waals surface area contributed by atoms with Crippen LogP contribution in [-0.2, 0) is 4.79 Å². The standard InChI is InChI=1S/C15H19N3O/c1-11(2)15(18-9-8-16-10-18)13-4-6-14(7-5-13)17-12(3)19/h4-11,15H,1-3H3,(H,17,19). The van der Waals surface area contributed by atoms with Gasteiger partial charge in [0, 0.05) is 25.0 Å². The van der Waals surface area contributed by atoms with Gasteiger partial charge in [-0.15, -0.1) is 0 Å². The predicted molar refractivity (Wildman–Crippen MR) is 75.9 cm³/mol. The molecule has 0 aliphatic carbocycles. The van der Waals surface area contributed by atoms with Crippen molar-refractivity contribution in [2.45, 2.75) is 26.8 Å². The smallest absolute Gasteiger partial charge is 0.221 e. The Bertz CT molecular complexity index is 529. The molecule has 0 radical (unpaired) electrons. The van der Waals surface area contributed by atoms with Crippen LogP contribution in [0.15, 0.2) is 43.0 Å². The lowest BCUT2D eigenvalue weighted by Crippen LogP contribution is -2.15. The summed E-state index contributed by atoms with van der Waals surface area (Å²) in [6, 6.07) is 8.23. The van der Waals surface area contributed by atoms with Gasteiger partial charge in [0.1, 0.15) is 0 Å². The van der Waals surface area contributed by atoms with Gasteiger partial charge in [0.2, 0.25) is 5.91 Å². The van der Waals surface area contributed by atoms with E-state index in [4.69, 9.17) is 0 Å². The van der Waals surface area contributed by atoms with Crippen LogP contribution in [0.25, 0.3) is 0 Å². The van der Waals surface area contributed by atoms with Gasteiger partial charge in [0.25, 0.3) is 0 Å². The van der Waals surface area contributed by atoms with Crippen molar-refractivity contribution in [3.8, 4) is 0 Å². The van der Waals surface area contributed by atoms with E-state index in [9.17, 15) is 4.79 Å². The first-order valence-electron chi connectivity index (χ1n) is 6.43. The number of anilines is 1. The molecule has 1 aromatic carbocycles. The molecule has 0 spiro atoms. The number of imidazole rings is 1. The molecule has 1 atom stereocenters. The predicted octanol–water partition coefficient (Wildman–Crippen LogP) is 3.09. The average molecular weight is 257 g/mol. The van der Waals surface area contributed by atoms with E-state index < -0.39 is 0 Å². The van der Waals surface area contributed by atoms with Crippen LogP contribution in [0, 0.1) is 5.92 Å². The number of hydrogen-bond acceptors (Lipinski definition) is 2. The fourth-order valence-electron chi connectivity index (χ4n) is 2.30. The number of nitrogens with one attached hydrogen (secondary N) is 1. The molecule has 2 rings (SSSR count). The molecule has 1 amide bonds. The van der Waals surface area contributed by atoms with Crippen LogP contribution in [0.5, 0.6) is 0 Å². The van der Waals surface area contributed by atoms with Gasteiger partial charge in [0.05, 0.1) is 12.4 Å². The minimum atomic E-state index is -0.0530. The van der Waals surface area contributed by atoms with Crippen molar-refractivity contribution in [3.63, 3.8) is 0 Å². The topological polar surface area (TPSA) is 46.9 Å². The summed E-state index contributed by atoms with van der Waals surface area (Å²) in [6.45, 7) is 5.88. The molecule has 1 aromatic heterocycles. The molecule has 19 heavy (non-hydrogen) atoms. The number of carbonyl (C=O) groups is 1. The fourth-order valence-corrected chi connectivity index (χ4v) is 2.30. The van der Waals surface area contributed by atoms with E-state index in [1.807, 2.05) is 24.7 Å². The van der Waals surface area contributed by atoms with Crippen molar-refractivity contribution in [1.29, 1.82) is 0 Å². The molecule has 0 fully saturated rings. The molecule has 2 aromatic rings. The molecular formula is C15H19N3O. The third-order valence-corrected chi connectivity index (χ3v) is 3.05. The highest BCUT2D eigenvalue weighted by Crippen LogP contribution is 2.27. The number of hydrogen-bond donors (Lipinski definition) is 1. The molecule has 0 bridgehead atoms. The van der Waals surface area contributed by atoms with Crippen molar-refractivity contribution in [2.75, 3.05) is 5.32 Å². The Morgan fingerprint density at radius 2 is 1.95 bits per heavy atom. The first-order valence-corrected chi connectivity index (χ1v) is 6.43. The van der Waals surface area contributed by atoms with Crippen LogP contribution in [0.2, 0.25) is 0 Å². The Morgan fingerprint density at radius 3 is 2.42 bits per heavy atom. The minimum Gasteiger partial charge on any atom is -0.330 e. The third-order valence-electron chi connectivity index (χ3n) is 3.05. The Morgan fingerprint density at radius 1 is 1.26 bits per heavy atom. The normalized spacial score (nSPS) is 12.4. The van der Waals surface area contributed by atoms with E-state index in [0.717, 1.165) is 5.69 Å². The van der Waals surface area contributed by atoms with Crippen molar-refractivity contribution in [3.05, 3.63) is 48.5 Å². The summed E-state index contributed by atoms with van der Waals surface area (Å²) in [4.78, 5) is 15.1. The summed E-state index contributed by atoms with van der Waals surface area (Å²) < 4.78 is 2.11. The highest BCUT2D eigenvalue weighted by molar-refractivity contribution is 5.88. The van der Waals surface area contributed by atoms with Crippen molar-refractivity contribution in [1.82, 2.24) is 9.55 Å². The molecule has 4 nitrogen and oxygen atoms in total. The molecule has 1 N–H and O–H groups in total.